The highest BCUT2D eigenvalue weighted by Crippen LogP contribution is 2.03. The van der Waals surface area contributed by atoms with E-state index in [1.54, 1.807) is 6.92 Å². The molecule has 0 aliphatic rings. The van der Waals surface area contributed by atoms with Crippen molar-refractivity contribution in [3.05, 3.63) is 11.6 Å². The van der Waals surface area contributed by atoms with Crippen molar-refractivity contribution in [1.29, 1.82) is 0 Å². The molecule has 0 spiro atoms. The number of ether oxygens (including phenoxy) is 1. The van der Waals surface area contributed by atoms with E-state index in [1.807, 2.05) is 6.08 Å². The lowest BCUT2D eigenvalue weighted by molar-refractivity contribution is -0.136. The van der Waals surface area contributed by atoms with Gasteiger partial charge in [0.2, 0.25) is 0 Å². The number of hydrogen-bond donors (Lipinski definition) is 1. The summed E-state index contributed by atoms with van der Waals surface area (Å²) in [5, 5.41) is 3.43. The van der Waals surface area contributed by atoms with E-state index in [-0.39, 0.29) is 5.97 Å². The van der Waals surface area contributed by atoms with E-state index in [9.17, 15) is 4.79 Å². The van der Waals surface area contributed by atoms with Crippen LogP contribution < -0.4 is 5.32 Å². The number of hydrogen-bond acceptors (Lipinski definition) is 4. The summed E-state index contributed by atoms with van der Waals surface area (Å²) in [6, 6.07) is 0.423. The second-order valence-electron chi connectivity index (χ2n) is 4.90. The van der Waals surface area contributed by atoms with E-state index in [2.05, 4.69) is 42.9 Å². The number of methoxy groups -OCH3 is 1. The van der Waals surface area contributed by atoms with Gasteiger partial charge in [0.15, 0.2) is 0 Å². The van der Waals surface area contributed by atoms with Gasteiger partial charge in [-0.05, 0) is 26.9 Å². The number of carbonyl (C=O) groups excluding carboxylic acids is 1. The smallest absolute Gasteiger partial charge is 0.333 e. The Balaban J connectivity index is 4.18. The Kier molecular flexibility index (Phi) is 7.83. The summed E-state index contributed by atoms with van der Waals surface area (Å²) in [6.07, 6.45) is 1.87. The maximum absolute atomic E-state index is 11.2. The van der Waals surface area contributed by atoms with Crippen molar-refractivity contribution in [2.75, 3.05) is 34.3 Å². The molecule has 4 nitrogen and oxygen atoms in total. The van der Waals surface area contributed by atoms with Crippen LogP contribution in [0, 0.1) is 5.92 Å². The van der Waals surface area contributed by atoms with Crippen molar-refractivity contribution < 1.29 is 9.53 Å². The van der Waals surface area contributed by atoms with Gasteiger partial charge in [-0.3, -0.25) is 0 Å². The van der Waals surface area contributed by atoms with Gasteiger partial charge in [-0.2, -0.15) is 0 Å². The topological polar surface area (TPSA) is 41.6 Å². The van der Waals surface area contributed by atoms with E-state index in [4.69, 9.17) is 0 Å². The number of carbonyl (C=O) groups is 1. The molecule has 4 heteroatoms. The van der Waals surface area contributed by atoms with Gasteiger partial charge in [0.25, 0.3) is 0 Å². The summed E-state index contributed by atoms with van der Waals surface area (Å²) in [7, 11) is 5.52. The van der Waals surface area contributed by atoms with Crippen LogP contribution >= 0.6 is 0 Å². The molecule has 0 rings (SSSR count). The molecular weight excluding hydrogens is 216 g/mol. The molecule has 17 heavy (non-hydrogen) atoms. The summed E-state index contributed by atoms with van der Waals surface area (Å²) >= 11 is 0. The molecule has 1 N–H and O–H groups in total. The molecule has 0 aliphatic heterocycles. The molecule has 0 fully saturated rings. The van der Waals surface area contributed by atoms with Crippen LogP contribution in [-0.2, 0) is 9.53 Å². The normalized spacial score (nSPS) is 14.2. The van der Waals surface area contributed by atoms with Gasteiger partial charge in [-0.15, -0.1) is 0 Å². The van der Waals surface area contributed by atoms with E-state index in [0.717, 1.165) is 6.54 Å². The SMILES string of the molecule is COC(=O)C(C)=CCNC(CN(C)C)C(C)C. The van der Waals surface area contributed by atoms with Crippen LogP contribution in [0.2, 0.25) is 0 Å². The van der Waals surface area contributed by atoms with Crippen LogP contribution in [-0.4, -0.2) is 51.2 Å². The average Bonchev–Trinajstić information content (AvgIpc) is 2.25. The van der Waals surface area contributed by atoms with Crippen molar-refractivity contribution in [3.8, 4) is 0 Å². The zero-order chi connectivity index (χ0) is 13.4. The highest BCUT2D eigenvalue weighted by molar-refractivity contribution is 5.87. The maximum atomic E-state index is 11.2. The van der Waals surface area contributed by atoms with Gasteiger partial charge in [-0.25, -0.2) is 4.79 Å². The predicted molar refractivity (Wildman–Crippen MR) is 71.0 cm³/mol. The summed E-state index contributed by atoms with van der Waals surface area (Å²) in [5.74, 6) is 0.296. The Bertz CT molecular complexity index is 260. The first kappa shape index (κ1) is 16.1. The minimum Gasteiger partial charge on any atom is -0.466 e. The summed E-state index contributed by atoms with van der Waals surface area (Å²) < 4.78 is 4.64. The number of esters is 1. The Labute approximate surface area is 105 Å². The molecule has 0 radical (unpaired) electrons. The highest BCUT2D eigenvalue weighted by atomic mass is 16.5. The minimum atomic E-state index is -0.263. The van der Waals surface area contributed by atoms with Crippen molar-refractivity contribution in [2.24, 2.45) is 5.92 Å². The van der Waals surface area contributed by atoms with Gasteiger partial charge < -0.3 is 15.0 Å². The molecule has 1 atom stereocenters. The van der Waals surface area contributed by atoms with E-state index in [0.29, 0.717) is 24.1 Å². The van der Waals surface area contributed by atoms with Gasteiger partial charge >= 0.3 is 5.97 Å². The first-order valence-electron chi connectivity index (χ1n) is 6.01. The van der Waals surface area contributed by atoms with E-state index in [1.165, 1.54) is 7.11 Å². The molecule has 1 unspecified atom stereocenters. The largest absolute Gasteiger partial charge is 0.466 e. The van der Waals surface area contributed by atoms with Crippen molar-refractivity contribution in [3.63, 3.8) is 0 Å². The maximum Gasteiger partial charge on any atom is 0.333 e. The fraction of sp³-hybridized carbons (Fsp3) is 0.769. The third kappa shape index (κ3) is 7.13. The third-order valence-electron chi connectivity index (χ3n) is 2.66. The minimum absolute atomic E-state index is 0.263. The molecule has 0 aromatic rings. The molecule has 0 aromatic carbocycles. The van der Waals surface area contributed by atoms with E-state index < -0.39 is 0 Å². The molecule has 0 aromatic heterocycles. The van der Waals surface area contributed by atoms with Crippen molar-refractivity contribution in [1.82, 2.24) is 10.2 Å². The van der Waals surface area contributed by atoms with Crippen molar-refractivity contribution >= 4 is 5.97 Å². The van der Waals surface area contributed by atoms with Crippen LogP contribution in [0.5, 0.6) is 0 Å². The summed E-state index contributed by atoms with van der Waals surface area (Å²) in [6.45, 7) is 7.83. The Morgan fingerprint density at radius 3 is 2.41 bits per heavy atom. The molecule has 0 bridgehead atoms. The second kappa shape index (κ2) is 8.25. The van der Waals surface area contributed by atoms with E-state index >= 15 is 0 Å². The highest BCUT2D eigenvalue weighted by Gasteiger charge is 2.12. The lowest BCUT2D eigenvalue weighted by Gasteiger charge is -2.25. The quantitative estimate of drug-likeness (QED) is 0.539. The zero-order valence-corrected chi connectivity index (χ0v) is 11.9. The molecule has 0 saturated heterocycles. The molecule has 0 aliphatic carbocycles. The number of likely N-dealkylation sites (N-methyl/N-ethyl adjacent to an activating group) is 1. The lowest BCUT2D eigenvalue weighted by atomic mass is 10.0. The zero-order valence-electron chi connectivity index (χ0n) is 11.9. The number of rotatable bonds is 7. The Morgan fingerprint density at radius 1 is 1.41 bits per heavy atom. The van der Waals surface area contributed by atoms with Gasteiger partial charge in [0, 0.05) is 24.7 Å². The molecular formula is C13H26N2O2. The predicted octanol–water partition coefficient (Wildman–Crippen LogP) is 1.28. The van der Waals surface area contributed by atoms with Crippen LogP contribution in [0.25, 0.3) is 0 Å². The standard InChI is InChI=1S/C13H26N2O2/c1-10(2)12(9-15(4)5)14-8-7-11(3)13(16)17-6/h7,10,12,14H,8-9H2,1-6H3. The summed E-state index contributed by atoms with van der Waals surface area (Å²) in [5.41, 5.74) is 0.646. The molecule has 0 saturated carbocycles. The monoisotopic (exact) mass is 242 g/mol. The Hall–Kier alpha value is -0.870. The lowest BCUT2D eigenvalue weighted by Crippen LogP contribution is -2.42. The van der Waals surface area contributed by atoms with Crippen LogP contribution in [0.15, 0.2) is 11.6 Å². The number of nitrogens with one attached hydrogen (secondary N) is 1. The van der Waals surface area contributed by atoms with Gasteiger partial charge in [0.05, 0.1) is 7.11 Å². The summed E-state index contributed by atoms with van der Waals surface area (Å²) in [4.78, 5) is 13.3. The van der Waals surface area contributed by atoms with Gasteiger partial charge in [-0.1, -0.05) is 19.9 Å². The molecule has 0 amide bonds. The first-order valence-corrected chi connectivity index (χ1v) is 6.01. The average molecular weight is 242 g/mol. The molecule has 0 heterocycles. The molecule has 100 valence electrons. The van der Waals surface area contributed by atoms with Crippen LogP contribution in [0.1, 0.15) is 20.8 Å². The first-order chi connectivity index (χ1) is 7.88. The number of nitrogens with zero attached hydrogens (tertiary/aromatic N) is 1. The van der Waals surface area contributed by atoms with Crippen LogP contribution in [0.3, 0.4) is 0 Å². The fourth-order valence-electron chi connectivity index (χ4n) is 1.51. The fourth-order valence-corrected chi connectivity index (χ4v) is 1.51. The third-order valence-corrected chi connectivity index (χ3v) is 2.66. The second-order valence-corrected chi connectivity index (χ2v) is 4.90. The van der Waals surface area contributed by atoms with Crippen LogP contribution in [0.4, 0.5) is 0 Å². The van der Waals surface area contributed by atoms with Gasteiger partial charge in [0.1, 0.15) is 0 Å². The van der Waals surface area contributed by atoms with Crippen molar-refractivity contribution in [2.45, 2.75) is 26.8 Å². The Morgan fingerprint density at radius 2 is 2.00 bits per heavy atom.